The zero-order valence-corrected chi connectivity index (χ0v) is 9.11. The fourth-order valence-corrected chi connectivity index (χ4v) is 1.81. The van der Waals surface area contributed by atoms with Gasteiger partial charge in [-0.15, -0.1) is 0 Å². The summed E-state index contributed by atoms with van der Waals surface area (Å²) in [5.74, 6) is 0. The molecule has 0 aliphatic carbocycles. The first kappa shape index (κ1) is 9.75. The standard InChI is InChI=1S/C10H14BrN/c1-8-3-4-9(5-6-12-2)10(11)7-8/h3-4,7,12H,5-6H2,1-2H3. The summed E-state index contributed by atoms with van der Waals surface area (Å²) >= 11 is 3.55. The van der Waals surface area contributed by atoms with Crippen LogP contribution in [0.1, 0.15) is 11.1 Å². The second-order valence-electron chi connectivity index (χ2n) is 2.95. The molecule has 0 aliphatic rings. The predicted octanol–water partition coefficient (Wildman–Crippen LogP) is 2.52. The van der Waals surface area contributed by atoms with Crippen molar-refractivity contribution in [2.45, 2.75) is 13.3 Å². The molecular formula is C10H14BrN. The highest BCUT2D eigenvalue weighted by Crippen LogP contribution is 2.18. The van der Waals surface area contributed by atoms with Gasteiger partial charge in [0.25, 0.3) is 0 Å². The zero-order chi connectivity index (χ0) is 8.97. The van der Waals surface area contributed by atoms with E-state index in [4.69, 9.17) is 0 Å². The fraction of sp³-hybridized carbons (Fsp3) is 0.400. The van der Waals surface area contributed by atoms with Crippen LogP contribution in [0.15, 0.2) is 22.7 Å². The molecule has 0 heterocycles. The van der Waals surface area contributed by atoms with E-state index < -0.39 is 0 Å². The molecule has 0 spiro atoms. The Hall–Kier alpha value is -0.340. The third kappa shape index (κ3) is 2.61. The minimum atomic E-state index is 1.03. The van der Waals surface area contributed by atoms with Crippen LogP contribution >= 0.6 is 15.9 Å². The van der Waals surface area contributed by atoms with Gasteiger partial charge in [0.2, 0.25) is 0 Å². The largest absolute Gasteiger partial charge is 0.319 e. The van der Waals surface area contributed by atoms with E-state index in [-0.39, 0.29) is 0 Å². The van der Waals surface area contributed by atoms with E-state index in [1.165, 1.54) is 15.6 Å². The Morgan fingerprint density at radius 3 is 2.75 bits per heavy atom. The molecule has 0 saturated heterocycles. The summed E-state index contributed by atoms with van der Waals surface area (Å²) < 4.78 is 1.22. The maximum absolute atomic E-state index is 3.55. The van der Waals surface area contributed by atoms with E-state index >= 15 is 0 Å². The normalized spacial score (nSPS) is 10.2. The highest BCUT2D eigenvalue weighted by Gasteiger charge is 1.98. The minimum Gasteiger partial charge on any atom is -0.319 e. The molecule has 0 bridgehead atoms. The van der Waals surface area contributed by atoms with Crippen LogP contribution in [0, 0.1) is 6.92 Å². The molecule has 1 aromatic carbocycles. The summed E-state index contributed by atoms with van der Waals surface area (Å²) in [6, 6.07) is 6.48. The number of benzene rings is 1. The number of halogens is 1. The van der Waals surface area contributed by atoms with Gasteiger partial charge in [0, 0.05) is 4.47 Å². The lowest BCUT2D eigenvalue weighted by atomic mass is 10.1. The van der Waals surface area contributed by atoms with Crippen molar-refractivity contribution in [3.63, 3.8) is 0 Å². The van der Waals surface area contributed by atoms with Gasteiger partial charge in [0.15, 0.2) is 0 Å². The van der Waals surface area contributed by atoms with Gasteiger partial charge >= 0.3 is 0 Å². The second-order valence-corrected chi connectivity index (χ2v) is 3.80. The summed E-state index contributed by atoms with van der Waals surface area (Å²) in [5.41, 5.74) is 2.67. The van der Waals surface area contributed by atoms with Gasteiger partial charge in [-0.25, -0.2) is 0 Å². The second kappa shape index (κ2) is 4.63. The van der Waals surface area contributed by atoms with E-state index in [1.54, 1.807) is 0 Å². The Morgan fingerprint density at radius 1 is 1.42 bits per heavy atom. The van der Waals surface area contributed by atoms with Gasteiger partial charge in [0.05, 0.1) is 0 Å². The van der Waals surface area contributed by atoms with Crippen LogP contribution in [0.5, 0.6) is 0 Å². The van der Waals surface area contributed by atoms with Gasteiger partial charge in [-0.3, -0.25) is 0 Å². The molecule has 0 radical (unpaired) electrons. The Kier molecular flexibility index (Phi) is 3.76. The highest BCUT2D eigenvalue weighted by molar-refractivity contribution is 9.10. The third-order valence-corrected chi connectivity index (χ3v) is 2.59. The molecule has 0 atom stereocenters. The minimum absolute atomic E-state index is 1.03. The topological polar surface area (TPSA) is 12.0 Å². The van der Waals surface area contributed by atoms with Gasteiger partial charge in [-0.1, -0.05) is 28.1 Å². The Bertz CT molecular complexity index is 258. The van der Waals surface area contributed by atoms with Crippen molar-refractivity contribution in [1.82, 2.24) is 5.32 Å². The lowest BCUT2D eigenvalue weighted by Crippen LogP contribution is -2.10. The quantitative estimate of drug-likeness (QED) is 0.838. The Morgan fingerprint density at radius 2 is 2.17 bits per heavy atom. The Balaban J connectivity index is 2.72. The van der Waals surface area contributed by atoms with Gasteiger partial charge in [-0.05, 0) is 44.1 Å². The first-order valence-electron chi connectivity index (χ1n) is 4.13. The summed E-state index contributed by atoms with van der Waals surface area (Å²) in [7, 11) is 1.97. The average Bonchev–Trinajstić information content (AvgIpc) is 2.03. The number of hydrogen-bond acceptors (Lipinski definition) is 1. The van der Waals surface area contributed by atoms with Crippen molar-refractivity contribution >= 4 is 15.9 Å². The lowest BCUT2D eigenvalue weighted by molar-refractivity contribution is 0.789. The first-order valence-corrected chi connectivity index (χ1v) is 4.93. The van der Waals surface area contributed by atoms with Crippen LogP contribution in [0.4, 0.5) is 0 Å². The SMILES string of the molecule is CNCCc1ccc(C)cc1Br. The predicted molar refractivity (Wildman–Crippen MR) is 56.5 cm³/mol. The van der Waals surface area contributed by atoms with Gasteiger partial charge in [0.1, 0.15) is 0 Å². The van der Waals surface area contributed by atoms with E-state index in [0.29, 0.717) is 0 Å². The van der Waals surface area contributed by atoms with Crippen molar-refractivity contribution in [3.8, 4) is 0 Å². The third-order valence-electron chi connectivity index (χ3n) is 1.85. The van der Waals surface area contributed by atoms with Gasteiger partial charge in [-0.2, -0.15) is 0 Å². The van der Waals surface area contributed by atoms with Crippen molar-refractivity contribution in [3.05, 3.63) is 33.8 Å². The van der Waals surface area contributed by atoms with Crippen LogP contribution in [-0.2, 0) is 6.42 Å². The molecule has 2 heteroatoms. The van der Waals surface area contributed by atoms with Crippen molar-refractivity contribution in [1.29, 1.82) is 0 Å². The maximum atomic E-state index is 3.55. The van der Waals surface area contributed by atoms with E-state index in [0.717, 1.165) is 13.0 Å². The molecular weight excluding hydrogens is 214 g/mol. The zero-order valence-electron chi connectivity index (χ0n) is 7.52. The van der Waals surface area contributed by atoms with Crippen LogP contribution in [-0.4, -0.2) is 13.6 Å². The van der Waals surface area contributed by atoms with Gasteiger partial charge < -0.3 is 5.32 Å². The van der Waals surface area contributed by atoms with E-state index in [2.05, 4.69) is 46.4 Å². The molecule has 0 amide bonds. The number of nitrogens with one attached hydrogen (secondary N) is 1. The van der Waals surface area contributed by atoms with E-state index in [9.17, 15) is 0 Å². The number of aryl methyl sites for hydroxylation is 1. The van der Waals surface area contributed by atoms with Crippen molar-refractivity contribution in [2.75, 3.05) is 13.6 Å². The van der Waals surface area contributed by atoms with Crippen LogP contribution in [0.3, 0.4) is 0 Å². The number of rotatable bonds is 3. The molecule has 0 aliphatic heterocycles. The molecule has 1 aromatic rings. The number of likely N-dealkylation sites (N-methyl/N-ethyl adjacent to an activating group) is 1. The monoisotopic (exact) mass is 227 g/mol. The molecule has 1 rings (SSSR count). The molecule has 0 fully saturated rings. The summed E-state index contributed by atoms with van der Waals surface area (Å²) in [6.07, 6.45) is 1.08. The smallest absolute Gasteiger partial charge is 0.0210 e. The van der Waals surface area contributed by atoms with Crippen molar-refractivity contribution < 1.29 is 0 Å². The highest BCUT2D eigenvalue weighted by atomic mass is 79.9. The number of hydrogen-bond donors (Lipinski definition) is 1. The lowest BCUT2D eigenvalue weighted by Gasteiger charge is -2.04. The molecule has 0 aromatic heterocycles. The van der Waals surface area contributed by atoms with E-state index in [1.807, 2.05) is 7.05 Å². The van der Waals surface area contributed by atoms with Crippen LogP contribution in [0.25, 0.3) is 0 Å². The molecule has 0 unspecified atom stereocenters. The molecule has 1 nitrogen and oxygen atoms in total. The summed E-state index contributed by atoms with van der Waals surface area (Å²) in [5, 5.41) is 3.14. The molecule has 66 valence electrons. The summed E-state index contributed by atoms with van der Waals surface area (Å²) in [6.45, 7) is 3.13. The Labute approximate surface area is 82.3 Å². The molecule has 12 heavy (non-hydrogen) atoms. The maximum Gasteiger partial charge on any atom is 0.0210 e. The van der Waals surface area contributed by atoms with Crippen molar-refractivity contribution in [2.24, 2.45) is 0 Å². The summed E-state index contributed by atoms with van der Waals surface area (Å²) in [4.78, 5) is 0. The first-order chi connectivity index (χ1) is 5.74. The molecule has 0 saturated carbocycles. The van der Waals surface area contributed by atoms with Crippen LogP contribution in [0.2, 0.25) is 0 Å². The fourth-order valence-electron chi connectivity index (χ4n) is 1.11. The average molecular weight is 228 g/mol. The molecule has 1 N–H and O–H groups in total. The van der Waals surface area contributed by atoms with Crippen LogP contribution < -0.4 is 5.32 Å².